The number of hydrogen-bond donors (Lipinski definition) is 0. The molecule has 0 aliphatic heterocycles. The van der Waals surface area contributed by atoms with Crippen molar-refractivity contribution in [1.29, 1.82) is 0 Å². The Kier molecular flexibility index (Phi) is 6.19. The zero-order valence-electron chi connectivity index (χ0n) is 6.68. The highest BCUT2D eigenvalue weighted by Gasteiger charge is 2.00. The summed E-state index contributed by atoms with van der Waals surface area (Å²) in [6.45, 7) is 9.98. The molecule has 1 atom stereocenters. The van der Waals surface area contributed by atoms with Crippen molar-refractivity contribution in [2.45, 2.75) is 25.9 Å². The molecular weight excluding hydrogens is 124 g/mol. The van der Waals surface area contributed by atoms with E-state index in [2.05, 4.69) is 20.1 Å². The molecule has 1 heteroatoms. The molecule has 0 aliphatic carbocycles. The Morgan fingerprint density at radius 3 is 2.50 bits per heavy atom. The molecule has 0 aromatic heterocycles. The third kappa shape index (κ3) is 4.33. The van der Waals surface area contributed by atoms with E-state index in [1.165, 1.54) is 0 Å². The van der Waals surface area contributed by atoms with Gasteiger partial charge in [0.1, 0.15) is 0 Å². The molecule has 0 amide bonds. The van der Waals surface area contributed by atoms with Gasteiger partial charge in [0, 0.05) is 0 Å². The standard InChI is InChI=1S/C9H16O/c1-4-7-9(6-3)10-8-5-2/h4-5,9H,1-2,6-8H2,3H3. The van der Waals surface area contributed by atoms with E-state index in [-0.39, 0.29) is 0 Å². The minimum Gasteiger partial charge on any atom is -0.374 e. The average Bonchev–Trinajstić information content (AvgIpc) is 1.98. The third-order valence-corrected chi connectivity index (χ3v) is 1.33. The lowest BCUT2D eigenvalue weighted by molar-refractivity contribution is 0.0740. The van der Waals surface area contributed by atoms with Gasteiger partial charge < -0.3 is 4.74 Å². The van der Waals surface area contributed by atoms with E-state index >= 15 is 0 Å². The van der Waals surface area contributed by atoms with E-state index in [1.807, 2.05) is 6.08 Å². The van der Waals surface area contributed by atoms with Gasteiger partial charge in [-0.25, -0.2) is 0 Å². The maximum atomic E-state index is 5.39. The Labute approximate surface area is 63.4 Å². The SMILES string of the molecule is C=CCOC(CC)CC=C. The van der Waals surface area contributed by atoms with Crippen molar-refractivity contribution in [1.82, 2.24) is 0 Å². The van der Waals surface area contributed by atoms with Gasteiger partial charge in [-0.2, -0.15) is 0 Å². The fraction of sp³-hybridized carbons (Fsp3) is 0.556. The normalized spacial score (nSPS) is 12.5. The second-order valence-electron chi connectivity index (χ2n) is 2.18. The van der Waals surface area contributed by atoms with Crippen molar-refractivity contribution in [2.24, 2.45) is 0 Å². The van der Waals surface area contributed by atoms with Crippen LogP contribution in [0.25, 0.3) is 0 Å². The maximum absolute atomic E-state index is 5.39. The fourth-order valence-corrected chi connectivity index (χ4v) is 0.743. The lowest BCUT2D eigenvalue weighted by Crippen LogP contribution is -2.10. The van der Waals surface area contributed by atoms with Gasteiger partial charge in [0.25, 0.3) is 0 Å². The summed E-state index contributed by atoms with van der Waals surface area (Å²) in [6.07, 6.45) is 5.96. The summed E-state index contributed by atoms with van der Waals surface area (Å²) in [5.74, 6) is 0. The quantitative estimate of drug-likeness (QED) is 0.515. The summed E-state index contributed by atoms with van der Waals surface area (Å²) >= 11 is 0. The zero-order chi connectivity index (χ0) is 7.82. The molecular formula is C9H16O. The minimum absolute atomic E-state index is 0.329. The third-order valence-electron chi connectivity index (χ3n) is 1.33. The molecule has 58 valence electrons. The molecule has 0 saturated heterocycles. The lowest BCUT2D eigenvalue weighted by Gasteiger charge is -2.11. The molecule has 0 saturated carbocycles. The first kappa shape index (κ1) is 9.44. The highest BCUT2D eigenvalue weighted by Crippen LogP contribution is 2.03. The second-order valence-corrected chi connectivity index (χ2v) is 2.18. The van der Waals surface area contributed by atoms with Crippen LogP contribution in [0.15, 0.2) is 25.3 Å². The summed E-state index contributed by atoms with van der Waals surface area (Å²) in [7, 11) is 0. The second kappa shape index (κ2) is 6.56. The molecule has 0 aliphatic rings. The Balaban J connectivity index is 3.38. The smallest absolute Gasteiger partial charge is 0.0648 e. The predicted octanol–water partition coefficient (Wildman–Crippen LogP) is 2.54. The van der Waals surface area contributed by atoms with Crippen molar-refractivity contribution in [3.63, 3.8) is 0 Å². The first-order valence-electron chi connectivity index (χ1n) is 3.68. The average molecular weight is 140 g/mol. The maximum Gasteiger partial charge on any atom is 0.0648 e. The first-order chi connectivity index (χ1) is 4.85. The molecule has 0 bridgehead atoms. The molecule has 0 heterocycles. The number of ether oxygens (including phenoxy) is 1. The molecule has 0 aromatic carbocycles. The van der Waals surface area contributed by atoms with E-state index in [9.17, 15) is 0 Å². The van der Waals surface area contributed by atoms with Crippen LogP contribution in [0, 0.1) is 0 Å². The molecule has 1 nitrogen and oxygen atoms in total. The Hall–Kier alpha value is -0.560. The topological polar surface area (TPSA) is 9.23 Å². The minimum atomic E-state index is 0.329. The highest BCUT2D eigenvalue weighted by atomic mass is 16.5. The molecule has 10 heavy (non-hydrogen) atoms. The lowest BCUT2D eigenvalue weighted by atomic mass is 10.2. The van der Waals surface area contributed by atoms with Crippen LogP contribution in [-0.4, -0.2) is 12.7 Å². The van der Waals surface area contributed by atoms with Gasteiger partial charge in [0.2, 0.25) is 0 Å². The van der Waals surface area contributed by atoms with Gasteiger partial charge in [0.15, 0.2) is 0 Å². The van der Waals surface area contributed by atoms with Crippen LogP contribution >= 0.6 is 0 Å². The van der Waals surface area contributed by atoms with E-state index in [0.717, 1.165) is 12.8 Å². The number of rotatable bonds is 6. The van der Waals surface area contributed by atoms with E-state index in [1.54, 1.807) is 6.08 Å². The summed E-state index contributed by atoms with van der Waals surface area (Å²) in [5, 5.41) is 0. The monoisotopic (exact) mass is 140 g/mol. The largest absolute Gasteiger partial charge is 0.374 e. The van der Waals surface area contributed by atoms with Gasteiger partial charge in [-0.3, -0.25) is 0 Å². The van der Waals surface area contributed by atoms with E-state index < -0.39 is 0 Å². The summed E-state index contributed by atoms with van der Waals surface area (Å²) in [5.41, 5.74) is 0. The Bertz CT molecular complexity index is 96.9. The van der Waals surface area contributed by atoms with Gasteiger partial charge in [-0.1, -0.05) is 19.1 Å². The molecule has 1 unspecified atom stereocenters. The molecule has 0 spiro atoms. The highest BCUT2D eigenvalue weighted by molar-refractivity contribution is 4.74. The van der Waals surface area contributed by atoms with Crippen LogP contribution in [0.3, 0.4) is 0 Å². The van der Waals surface area contributed by atoms with E-state index in [4.69, 9.17) is 4.74 Å². The molecule has 0 N–H and O–H groups in total. The Morgan fingerprint density at radius 2 is 2.10 bits per heavy atom. The molecule has 0 fully saturated rings. The fourth-order valence-electron chi connectivity index (χ4n) is 0.743. The van der Waals surface area contributed by atoms with Crippen LogP contribution in [0.1, 0.15) is 19.8 Å². The van der Waals surface area contributed by atoms with Crippen molar-refractivity contribution >= 4 is 0 Å². The van der Waals surface area contributed by atoms with Crippen molar-refractivity contribution < 1.29 is 4.74 Å². The predicted molar refractivity (Wildman–Crippen MR) is 45.0 cm³/mol. The Morgan fingerprint density at radius 1 is 1.40 bits per heavy atom. The summed E-state index contributed by atoms with van der Waals surface area (Å²) in [6, 6.07) is 0. The summed E-state index contributed by atoms with van der Waals surface area (Å²) in [4.78, 5) is 0. The first-order valence-corrected chi connectivity index (χ1v) is 3.68. The van der Waals surface area contributed by atoms with Crippen LogP contribution in [0.5, 0.6) is 0 Å². The van der Waals surface area contributed by atoms with Gasteiger partial charge in [0.05, 0.1) is 12.7 Å². The van der Waals surface area contributed by atoms with Crippen molar-refractivity contribution in [3.05, 3.63) is 25.3 Å². The number of hydrogen-bond acceptors (Lipinski definition) is 1. The van der Waals surface area contributed by atoms with Gasteiger partial charge >= 0.3 is 0 Å². The van der Waals surface area contributed by atoms with E-state index in [0.29, 0.717) is 12.7 Å². The van der Waals surface area contributed by atoms with Crippen LogP contribution in [0.4, 0.5) is 0 Å². The van der Waals surface area contributed by atoms with Crippen LogP contribution in [-0.2, 0) is 4.74 Å². The summed E-state index contributed by atoms with van der Waals surface area (Å²) < 4.78 is 5.39. The van der Waals surface area contributed by atoms with Gasteiger partial charge in [-0.05, 0) is 12.8 Å². The van der Waals surface area contributed by atoms with Crippen molar-refractivity contribution in [2.75, 3.05) is 6.61 Å². The van der Waals surface area contributed by atoms with Crippen molar-refractivity contribution in [3.8, 4) is 0 Å². The molecule has 0 rings (SSSR count). The molecule has 0 aromatic rings. The van der Waals surface area contributed by atoms with Gasteiger partial charge in [-0.15, -0.1) is 13.2 Å². The van der Waals surface area contributed by atoms with Crippen LogP contribution in [0.2, 0.25) is 0 Å². The zero-order valence-corrected chi connectivity index (χ0v) is 6.68. The van der Waals surface area contributed by atoms with Crippen LogP contribution < -0.4 is 0 Å². The molecule has 0 radical (unpaired) electrons.